The number of amides is 2. The minimum Gasteiger partial charge on any atom is -0.507 e. The molecule has 0 spiro atoms. The number of hydrogen-bond acceptors (Lipinski definition) is 6. The van der Waals surface area contributed by atoms with Crippen LogP contribution in [0.25, 0.3) is 0 Å². The summed E-state index contributed by atoms with van der Waals surface area (Å²) in [6.45, 7) is 4.07. The molecule has 1 aliphatic rings. The highest BCUT2D eigenvalue weighted by Gasteiger charge is 2.31. The largest absolute Gasteiger partial charge is 0.507 e. The molecule has 0 unspecified atom stereocenters. The summed E-state index contributed by atoms with van der Waals surface area (Å²) in [5.41, 5.74) is 8.12. The molecular weight excluding hydrogens is 364 g/mol. The van der Waals surface area contributed by atoms with Crippen LogP contribution in [-0.4, -0.2) is 36.5 Å². The Bertz CT molecular complexity index is 829. The van der Waals surface area contributed by atoms with Gasteiger partial charge in [-0.05, 0) is 32.3 Å². The minimum absolute atomic E-state index is 0.111. The number of cyclic esters (lactones) is 1. The molecule has 4 N–H and O–H groups in total. The number of primary amides is 1. The van der Waals surface area contributed by atoms with Crippen LogP contribution >= 0.6 is 0 Å². The molecule has 0 aliphatic carbocycles. The maximum Gasteiger partial charge on any atom is 0.342 e. The fourth-order valence-corrected chi connectivity index (χ4v) is 3.13. The van der Waals surface area contributed by atoms with Gasteiger partial charge < -0.3 is 25.6 Å². The molecule has 28 heavy (non-hydrogen) atoms. The Morgan fingerprint density at radius 2 is 2.04 bits per heavy atom. The number of esters is 1. The molecule has 1 aromatic rings. The van der Waals surface area contributed by atoms with Crippen molar-refractivity contribution in [2.24, 2.45) is 5.73 Å². The number of hydrogen-bond donors (Lipinski definition) is 3. The average molecular weight is 390 g/mol. The smallest absolute Gasteiger partial charge is 0.342 e. The van der Waals surface area contributed by atoms with Gasteiger partial charge >= 0.3 is 5.97 Å². The van der Waals surface area contributed by atoms with E-state index in [2.05, 4.69) is 5.32 Å². The van der Waals surface area contributed by atoms with Crippen molar-refractivity contribution in [3.63, 3.8) is 0 Å². The number of phenols is 1. The average Bonchev–Trinajstić information content (AvgIpc) is 3.03. The second-order valence-corrected chi connectivity index (χ2v) is 6.74. The number of phenolic OH excluding ortho intramolecular Hbond substituents is 1. The Balaban J connectivity index is 2.06. The van der Waals surface area contributed by atoms with Crippen LogP contribution in [0.2, 0.25) is 0 Å². The molecule has 152 valence electrons. The quantitative estimate of drug-likeness (QED) is 0.434. The number of benzene rings is 1. The van der Waals surface area contributed by atoms with Crippen molar-refractivity contribution in [3.05, 3.63) is 33.9 Å². The monoisotopic (exact) mass is 390 g/mol. The number of methoxy groups -OCH3 is 1. The van der Waals surface area contributed by atoms with E-state index in [0.717, 1.165) is 11.1 Å². The van der Waals surface area contributed by atoms with E-state index in [-0.39, 0.29) is 43.2 Å². The number of rotatable bonds is 9. The van der Waals surface area contributed by atoms with E-state index in [1.165, 1.54) is 7.11 Å². The molecule has 0 radical (unpaired) electrons. The van der Waals surface area contributed by atoms with E-state index < -0.39 is 11.9 Å². The molecule has 0 saturated heterocycles. The highest BCUT2D eigenvalue weighted by molar-refractivity contribution is 5.98. The van der Waals surface area contributed by atoms with Crippen LogP contribution in [0, 0.1) is 6.92 Å². The van der Waals surface area contributed by atoms with Gasteiger partial charge in [0.2, 0.25) is 11.8 Å². The molecule has 0 aromatic heterocycles. The van der Waals surface area contributed by atoms with Crippen molar-refractivity contribution >= 4 is 17.8 Å². The Morgan fingerprint density at radius 1 is 1.32 bits per heavy atom. The Morgan fingerprint density at radius 3 is 2.68 bits per heavy atom. The first-order valence-electron chi connectivity index (χ1n) is 9.05. The van der Waals surface area contributed by atoms with Gasteiger partial charge in [0, 0.05) is 30.5 Å². The van der Waals surface area contributed by atoms with Gasteiger partial charge in [0.05, 0.1) is 7.11 Å². The molecule has 0 saturated carbocycles. The molecule has 2 amide bonds. The van der Waals surface area contributed by atoms with Crippen molar-refractivity contribution in [3.8, 4) is 11.5 Å². The summed E-state index contributed by atoms with van der Waals surface area (Å²) < 4.78 is 10.5. The molecule has 8 nitrogen and oxygen atoms in total. The Kier molecular flexibility index (Phi) is 7.03. The van der Waals surface area contributed by atoms with Crippen molar-refractivity contribution < 1.29 is 29.0 Å². The zero-order chi connectivity index (χ0) is 20.8. The Hall–Kier alpha value is -3.03. The van der Waals surface area contributed by atoms with Crippen molar-refractivity contribution in [1.29, 1.82) is 0 Å². The highest BCUT2D eigenvalue weighted by atomic mass is 16.5. The van der Waals surface area contributed by atoms with Gasteiger partial charge in [0.15, 0.2) is 0 Å². The molecule has 0 atom stereocenters. The van der Waals surface area contributed by atoms with Crippen LogP contribution in [0.1, 0.15) is 53.2 Å². The zero-order valence-electron chi connectivity index (χ0n) is 16.4. The van der Waals surface area contributed by atoms with Crippen LogP contribution in [0.15, 0.2) is 11.6 Å². The second kappa shape index (κ2) is 9.25. The van der Waals surface area contributed by atoms with E-state index in [0.29, 0.717) is 29.7 Å². The van der Waals surface area contributed by atoms with Crippen molar-refractivity contribution in [2.75, 3.05) is 13.7 Å². The normalized spacial score (nSPS) is 13.1. The van der Waals surface area contributed by atoms with E-state index in [4.69, 9.17) is 15.2 Å². The summed E-state index contributed by atoms with van der Waals surface area (Å²) in [4.78, 5) is 34.4. The lowest BCUT2D eigenvalue weighted by Gasteiger charge is -2.15. The second-order valence-electron chi connectivity index (χ2n) is 6.74. The first-order valence-corrected chi connectivity index (χ1v) is 9.05. The summed E-state index contributed by atoms with van der Waals surface area (Å²) in [7, 11) is 1.52. The molecule has 0 bridgehead atoms. The van der Waals surface area contributed by atoms with Crippen LogP contribution < -0.4 is 15.8 Å². The molecule has 2 rings (SSSR count). The summed E-state index contributed by atoms with van der Waals surface area (Å²) in [5, 5.41) is 13.2. The van der Waals surface area contributed by atoms with Crippen LogP contribution in [0.5, 0.6) is 11.5 Å². The van der Waals surface area contributed by atoms with Gasteiger partial charge in [-0.15, -0.1) is 0 Å². The van der Waals surface area contributed by atoms with Gasteiger partial charge in [-0.3, -0.25) is 9.59 Å². The fraction of sp³-hybridized carbons (Fsp3) is 0.450. The van der Waals surface area contributed by atoms with Crippen LogP contribution in [0.3, 0.4) is 0 Å². The first kappa shape index (κ1) is 21.3. The first-order chi connectivity index (χ1) is 13.3. The predicted molar refractivity (Wildman–Crippen MR) is 102 cm³/mol. The third kappa shape index (κ3) is 4.82. The van der Waals surface area contributed by atoms with Gasteiger partial charge in [0.25, 0.3) is 0 Å². The lowest BCUT2D eigenvalue weighted by atomic mass is 9.94. The number of allylic oxidation sites excluding steroid dienone is 2. The molecule has 0 fully saturated rings. The highest BCUT2D eigenvalue weighted by Crippen LogP contribution is 2.42. The summed E-state index contributed by atoms with van der Waals surface area (Å²) in [5.74, 6) is -0.743. The molecular formula is C20H26N2O6. The van der Waals surface area contributed by atoms with E-state index in [1.54, 1.807) is 0 Å². The third-order valence-corrected chi connectivity index (χ3v) is 4.74. The van der Waals surface area contributed by atoms with Gasteiger partial charge in [-0.2, -0.15) is 0 Å². The molecule has 8 heteroatoms. The number of nitrogens with one attached hydrogen (secondary N) is 1. The third-order valence-electron chi connectivity index (χ3n) is 4.74. The van der Waals surface area contributed by atoms with Gasteiger partial charge in [-0.25, -0.2) is 4.79 Å². The number of aromatic hydroxyl groups is 1. The lowest BCUT2D eigenvalue weighted by Crippen LogP contribution is -2.27. The molecule has 1 aliphatic heterocycles. The number of fused-ring (bicyclic) bond motifs is 1. The maximum atomic E-state index is 11.9. The van der Waals surface area contributed by atoms with E-state index in [9.17, 15) is 19.5 Å². The maximum absolute atomic E-state index is 11.9. The number of ether oxygens (including phenoxy) is 2. The number of nitrogens with two attached hydrogens (primary N) is 1. The van der Waals surface area contributed by atoms with Gasteiger partial charge in [0.1, 0.15) is 23.7 Å². The fourth-order valence-electron chi connectivity index (χ4n) is 3.13. The summed E-state index contributed by atoms with van der Waals surface area (Å²) >= 11 is 0. The van der Waals surface area contributed by atoms with Gasteiger partial charge in [-0.1, -0.05) is 11.6 Å². The number of carbonyl (C=O) groups is 3. The lowest BCUT2D eigenvalue weighted by molar-refractivity contribution is -0.121. The SMILES string of the molecule is COc1c(C)c2c(c(O)c1C/C=C(\C)CCC(=O)NCCC(N)=O)C(=O)OC2. The van der Waals surface area contributed by atoms with Crippen LogP contribution in [0.4, 0.5) is 0 Å². The topological polar surface area (TPSA) is 128 Å². The summed E-state index contributed by atoms with van der Waals surface area (Å²) in [6.07, 6.45) is 3.16. The predicted octanol–water partition coefficient (Wildman–Crippen LogP) is 1.64. The summed E-state index contributed by atoms with van der Waals surface area (Å²) in [6, 6.07) is 0. The zero-order valence-corrected chi connectivity index (χ0v) is 16.4. The Labute approximate surface area is 163 Å². The standard InChI is InChI=1S/C20H26N2O6/c1-11(5-7-16(24)22-9-8-15(21)23)4-6-13-18(25)17-14(10-28-20(17)26)12(2)19(13)27-3/h4,25H,5-10H2,1-3H3,(H2,21,23)(H,22,24)/b11-4+. The number of carbonyl (C=O) groups excluding carboxylic acids is 3. The van der Waals surface area contributed by atoms with Crippen molar-refractivity contribution in [2.45, 2.75) is 46.1 Å². The van der Waals surface area contributed by atoms with Crippen molar-refractivity contribution in [1.82, 2.24) is 5.32 Å². The molecule has 1 heterocycles. The minimum atomic E-state index is -0.534. The van der Waals surface area contributed by atoms with E-state index >= 15 is 0 Å². The molecule has 1 aromatic carbocycles. The van der Waals surface area contributed by atoms with E-state index in [1.807, 2.05) is 19.9 Å². The van der Waals surface area contributed by atoms with Crippen LogP contribution in [-0.2, 0) is 27.4 Å².